The topological polar surface area (TPSA) is 53.1 Å². The fourth-order valence-electron chi connectivity index (χ4n) is 1.76. The third-order valence-electron chi connectivity index (χ3n) is 2.59. The van der Waals surface area contributed by atoms with Crippen LogP contribution in [0.5, 0.6) is 5.75 Å². The predicted molar refractivity (Wildman–Crippen MR) is 76.5 cm³/mol. The molecular formula is C13H16BrN3O. The summed E-state index contributed by atoms with van der Waals surface area (Å²) in [6.07, 6.45) is 0.176. The van der Waals surface area contributed by atoms with Crippen molar-refractivity contribution >= 4 is 21.9 Å². The molecule has 0 radical (unpaired) electrons. The zero-order valence-corrected chi connectivity index (χ0v) is 12.2. The first kappa shape index (κ1) is 13.0. The summed E-state index contributed by atoms with van der Waals surface area (Å²) in [5.41, 5.74) is 7.78. The predicted octanol–water partition coefficient (Wildman–Crippen LogP) is 3.22. The molecule has 1 aromatic heterocycles. The Hall–Kier alpha value is -1.49. The molecule has 0 atom stereocenters. The van der Waals surface area contributed by atoms with Gasteiger partial charge in [-0.1, -0.05) is 0 Å². The van der Waals surface area contributed by atoms with Crippen LogP contribution in [0.4, 0.5) is 5.95 Å². The van der Waals surface area contributed by atoms with Gasteiger partial charge in [0, 0.05) is 12.6 Å². The minimum Gasteiger partial charge on any atom is -0.491 e. The first-order valence-electron chi connectivity index (χ1n) is 5.74. The van der Waals surface area contributed by atoms with Crippen LogP contribution in [0, 0.1) is 0 Å². The molecular weight excluding hydrogens is 294 g/mol. The number of nitrogen functional groups attached to an aromatic ring is 1. The van der Waals surface area contributed by atoms with Crippen LogP contribution in [0.1, 0.15) is 13.8 Å². The standard InChI is InChI=1S/C13H16BrN3O/c1-8(2)18-10-6-4-9(5-7-10)11-12(14)16-13(15)17(11)3/h4-8H,1-3H3,(H2,15,16). The van der Waals surface area contributed by atoms with Crippen molar-refractivity contribution in [3.63, 3.8) is 0 Å². The van der Waals surface area contributed by atoms with Gasteiger partial charge in [-0.25, -0.2) is 4.98 Å². The average Bonchev–Trinajstić information content (AvgIpc) is 2.54. The Morgan fingerprint density at radius 2 is 1.89 bits per heavy atom. The Labute approximate surface area is 115 Å². The maximum atomic E-state index is 5.77. The van der Waals surface area contributed by atoms with Gasteiger partial charge in [0.2, 0.25) is 5.95 Å². The van der Waals surface area contributed by atoms with Crippen molar-refractivity contribution in [2.75, 3.05) is 5.73 Å². The molecule has 5 heteroatoms. The van der Waals surface area contributed by atoms with Gasteiger partial charge in [0.15, 0.2) is 0 Å². The molecule has 0 aliphatic carbocycles. The number of rotatable bonds is 3. The molecule has 0 saturated heterocycles. The molecule has 4 nitrogen and oxygen atoms in total. The number of nitrogens with zero attached hydrogens (tertiary/aromatic N) is 2. The lowest BCUT2D eigenvalue weighted by Gasteiger charge is -2.10. The first-order chi connectivity index (χ1) is 8.49. The molecule has 1 aromatic carbocycles. The number of benzene rings is 1. The van der Waals surface area contributed by atoms with Crippen molar-refractivity contribution in [3.8, 4) is 17.0 Å². The highest BCUT2D eigenvalue weighted by Crippen LogP contribution is 2.30. The van der Waals surface area contributed by atoms with Crippen molar-refractivity contribution in [1.82, 2.24) is 9.55 Å². The summed E-state index contributed by atoms with van der Waals surface area (Å²) in [6.45, 7) is 4.01. The SMILES string of the molecule is CC(C)Oc1ccc(-c2c(Br)nc(N)n2C)cc1. The smallest absolute Gasteiger partial charge is 0.201 e. The van der Waals surface area contributed by atoms with Crippen LogP contribution in [-0.4, -0.2) is 15.7 Å². The molecule has 0 fully saturated rings. The molecule has 2 aromatic rings. The van der Waals surface area contributed by atoms with Crippen LogP contribution in [0.2, 0.25) is 0 Å². The number of imidazole rings is 1. The van der Waals surface area contributed by atoms with Crippen molar-refractivity contribution < 1.29 is 4.74 Å². The van der Waals surface area contributed by atoms with E-state index in [0.29, 0.717) is 5.95 Å². The summed E-state index contributed by atoms with van der Waals surface area (Å²) in [5, 5.41) is 0. The van der Waals surface area contributed by atoms with Crippen molar-refractivity contribution in [3.05, 3.63) is 28.9 Å². The highest BCUT2D eigenvalue weighted by molar-refractivity contribution is 9.10. The molecule has 0 aliphatic heterocycles. The number of aromatic nitrogens is 2. The Morgan fingerprint density at radius 1 is 1.28 bits per heavy atom. The monoisotopic (exact) mass is 309 g/mol. The zero-order chi connectivity index (χ0) is 13.3. The summed E-state index contributed by atoms with van der Waals surface area (Å²) in [5.74, 6) is 1.35. The number of anilines is 1. The lowest BCUT2D eigenvalue weighted by molar-refractivity contribution is 0.242. The van der Waals surface area contributed by atoms with E-state index in [1.165, 1.54) is 0 Å². The molecule has 0 amide bonds. The van der Waals surface area contributed by atoms with E-state index in [2.05, 4.69) is 20.9 Å². The van der Waals surface area contributed by atoms with Gasteiger partial charge in [0.05, 0.1) is 11.8 Å². The Balaban J connectivity index is 2.34. The van der Waals surface area contributed by atoms with E-state index in [-0.39, 0.29) is 6.10 Å². The summed E-state index contributed by atoms with van der Waals surface area (Å²) in [7, 11) is 1.89. The van der Waals surface area contributed by atoms with E-state index >= 15 is 0 Å². The van der Waals surface area contributed by atoms with Crippen molar-refractivity contribution in [2.45, 2.75) is 20.0 Å². The molecule has 0 saturated carbocycles. The second-order valence-electron chi connectivity index (χ2n) is 4.36. The number of halogens is 1. The van der Waals surface area contributed by atoms with E-state index in [1.54, 1.807) is 0 Å². The highest BCUT2D eigenvalue weighted by atomic mass is 79.9. The maximum absolute atomic E-state index is 5.77. The number of hydrogen-bond donors (Lipinski definition) is 1. The Kier molecular flexibility index (Phi) is 3.61. The molecule has 0 unspecified atom stereocenters. The van der Waals surface area contributed by atoms with Crippen molar-refractivity contribution in [1.29, 1.82) is 0 Å². The maximum Gasteiger partial charge on any atom is 0.201 e. The highest BCUT2D eigenvalue weighted by Gasteiger charge is 2.12. The molecule has 96 valence electrons. The molecule has 0 spiro atoms. The minimum absolute atomic E-state index is 0.176. The second-order valence-corrected chi connectivity index (χ2v) is 5.11. The van der Waals surface area contributed by atoms with Gasteiger partial charge in [-0.3, -0.25) is 0 Å². The minimum atomic E-state index is 0.176. The van der Waals surface area contributed by atoms with Gasteiger partial charge in [0.25, 0.3) is 0 Å². The second kappa shape index (κ2) is 5.02. The number of ether oxygens (including phenoxy) is 1. The van der Waals surface area contributed by atoms with Crippen LogP contribution >= 0.6 is 15.9 Å². The largest absolute Gasteiger partial charge is 0.491 e. The summed E-state index contributed by atoms with van der Waals surface area (Å²) in [4.78, 5) is 4.18. The van der Waals surface area contributed by atoms with Crippen LogP contribution in [-0.2, 0) is 7.05 Å². The van der Waals surface area contributed by atoms with Gasteiger partial charge in [-0.2, -0.15) is 0 Å². The Bertz CT molecular complexity index is 546. The van der Waals surface area contributed by atoms with E-state index in [9.17, 15) is 0 Å². The summed E-state index contributed by atoms with van der Waals surface area (Å²) >= 11 is 3.42. The fourth-order valence-corrected chi connectivity index (χ4v) is 2.43. The van der Waals surface area contributed by atoms with Gasteiger partial charge >= 0.3 is 0 Å². The molecule has 18 heavy (non-hydrogen) atoms. The van der Waals surface area contributed by atoms with E-state index in [1.807, 2.05) is 49.7 Å². The summed E-state index contributed by atoms with van der Waals surface area (Å²) in [6, 6.07) is 7.90. The lowest BCUT2D eigenvalue weighted by Crippen LogP contribution is -2.05. The molecule has 0 bridgehead atoms. The van der Waals surface area contributed by atoms with Crippen LogP contribution in [0.25, 0.3) is 11.3 Å². The lowest BCUT2D eigenvalue weighted by atomic mass is 10.1. The molecule has 1 heterocycles. The normalized spacial score (nSPS) is 10.9. The van der Waals surface area contributed by atoms with Gasteiger partial charge in [-0.05, 0) is 54.0 Å². The Morgan fingerprint density at radius 3 is 2.33 bits per heavy atom. The third-order valence-corrected chi connectivity index (χ3v) is 3.14. The van der Waals surface area contributed by atoms with E-state index in [0.717, 1.165) is 21.6 Å². The zero-order valence-electron chi connectivity index (χ0n) is 10.6. The number of hydrogen-bond acceptors (Lipinski definition) is 3. The van der Waals surface area contributed by atoms with Crippen LogP contribution in [0.15, 0.2) is 28.9 Å². The first-order valence-corrected chi connectivity index (χ1v) is 6.53. The van der Waals surface area contributed by atoms with Crippen LogP contribution in [0.3, 0.4) is 0 Å². The third kappa shape index (κ3) is 2.51. The molecule has 0 aliphatic rings. The van der Waals surface area contributed by atoms with Crippen LogP contribution < -0.4 is 10.5 Å². The quantitative estimate of drug-likeness (QED) is 0.947. The molecule has 2 rings (SSSR count). The van der Waals surface area contributed by atoms with Crippen molar-refractivity contribution in [2.24, 2.45) is 7.05 Å². The average molecular weight is 310 g/mol. The van der Waals surface area contributed by atoms with Gasteiger partial charge < -0.3 is 15.0 Å². The summed E-state index contributed by atoms with van der Waals surface area (Å²) < 4.78 is 8.21. The van der Waals surface area contributed by atoms with Gasteiger partial charge in [0.1, 0.15) is 10.4 Å². The van der Waals surface area contributed by atoms with E-state index < -0.39 is 0 Å². The van der Waals surface area contributed by atoms with E-state index in [4.69, 9.17) is 10.5 Å². The fraction of sp³-hybridized carbons (Fsp3) is 0.308. The number of nitrogens with two attached hydrogens (primary N) is 1. The van der Waals surface area contributed by atoms with Gasteiger partial charge in [-0.15, -0.1) is 0 Å². The molecule has 2 N–H and O–H groups in total.